The second-order valence-corrected chi connectivity index (χ2v) is 8.92. The molecule has 7 heteroatoms. The zero-order valence-electron chi connectivity index (χ0n) is 17.7. The average Bonchev–Trinajstić information content (AvgIpc) is 2.69. The van der Waals surface area contributed by atoms with Crippen molar-refractivity contribution in [2.75, 3.05) is 17.7 Å². The van der Waals surface area contributed by atoms with Crippen LogP contribution in [0.5, 0.6) is 5.75 Å². The molecule has 158 valence electrons. The van der Waals surface area contributed by atoms with Gasteiger partial charge in [0, 0.05) is 0 Å². The number of hydrogen-bond acceptors (Lipinski definition) is 4. The minimum Gasteiger partial charge on any atom is -0.497 e. The number of aryl methyl sites for hydroxylation is 1. The first kappa shape index (κ1) is 22.7. The van der Waals surface area contributed by atoms with Crippen molar-refractivity contribution in [3.8, 4) is 5.75 Å². The van der Waals surface area contributed by atoms with E-state index in [-0.39, 0.29) is 11.9 Å². The number of amides is 1. The first-order chi connectivity index (χ1) is 13.7. The highest BCUT2D eigenvalue weighted by Crippen LogP contribution is 2.25. The summed E-state index contributed by atoms with van der Waals surface area (Å²) >= 11 is 0. The molecule has 0 heterocycles. The number of ether oxygens (including phenoxy) is 1. The van der Waals surface area contributed by atoms with Crippen LogP contribution in [-0.2, 0) is 14.8 Å². The van der Waals surface area contributed by atoms with Gasteiger partial charge in [-0.3, -0.25) is 9.10 Å². The Morgan fingerprint density at radius 1 is 1.10 bits per heavy atom. The van der Waals surface area contributed by atoms with Crippen LogP contribution < -0.4 is 14.4 Å². The van der Waals surface area contributed by atoms with E-state index in [0.717, 1.165) is 23.1 Å². The Bertz CT molecular complexity index is 926. The lowest BCUT2D eigenvalue weighted by atomic mass is 10.0. The Labute approximate surface area is 173 Å². The van der Waals surface area contributed by atoms with Crippen molar-refractivity contribution in [1.82, 2.24) is 5.32 Å². The van der Waals surface area contributed by atoms with E-state index in [1.165, 1.54) is 4.31 Å². The summed E-state index contributed by atoms with van der Waals surface area (Å²) in [6.07, 6.45) is 2.16. The van der Waals surface area contributed by atoms with Crippen molar-refractivity contribution in [3.63, 3.8) is 0 Å². The molecule has 1 N–H and O–H groups in total. The van der Waals surface area contributed by atoms with Crippen LogP contribution in [0.15, 0.2) is 48.5 Å². The first-order valence-corrected chi connectivity index (χ1v) is 11.6. The van der Waals surface area contributed by atoms with Gasteiger partial charge in [0.15, 0.2) is 0 Å². The lowest BCUT2D eigenvalue weighted by Crippen LogP contribution is -2.50. The minimum atomic E-state index is -3.65. The van der Waals surface area contributed by atoms with Crippen LogP contribution in [-0.4, -0.2) is 33.7 Å². The van der Waals surface area contributed by atoms with Gasteiger partial charge in [0.25, 0.3) is 0 Å². The molecular formula is C22H30N2O4S. The number of anilines is 1. The summed E-state index contributed by atoms with van der Waals surface area (Å²) in [5.74, 6) is 0.422. The van der Waals surface area contributed by atoms with Gasteiger partial charge in [0.2, 0.25) is 15.9 Å². The van der Waals surface area contributed by atoms with Crippen molar-refractivity contribution >= 4 is 21.6 Å². The van der Waals surface area contributed by atoms with E-state index in [1.54, 1.807) is 25.3 Å². The maximum absolute atomic E-state index is 13.1. The molecule has 2 aromatic rings. The number of carbonyl (C=O) groups excluding carboxylic acids is 1. The number of nitrogens with zero attached hydrogens (tertiary/aromatic N) is 1. The summed E-state index contributed by atoms with van der Waals surface area (Å²) in [5, 5.41) is 3.02. The van der Waals surface area contributed by atoms with Crippen LogP contribution in [0.2, 0.25) is 0 Å². The van der Waals surface area contributed by atoms with Gasteiger partial charge in [-0.1, -0.05) is 38.1 Å². The molecule has 0 aliphatic heterocycles. The number of nitrogens with one attached hydrogen (secondary N) is 1. The van der Waals surface area contributed by atoms with Crippen molar-refractivity contribution in [2.45, 2.75) is 45.7 Å². The first-order valence-electron chi connectivity index (χ1n) is 9.71. The fraction of sp³-hybridized carbons (Fsp3) is 0.409. The van der Waals surface area contributed by atoms with E-state index < -0.39 is 16.1 Å². The number of benzene rings is 2. The lowest BCUT2D eigenvalue weighted by molar-refractivity contribution is -0.123. The number of rotatable bonds is 9. The van der Waals surface area contributed by atoms with E-state index in [4.69, 9.17) is 4.74 Å². The van der Waals surface area contributed by atoms with Crippen LogP contribution in [0.3, 0.4) is 0 Å². The molecule has 0 spiro atoms. The predicted molar refractivity (Wildman–Crippen MR) is 117 cm³/mol. The average molecular weight is 419 g/mol. The molecule has 0 aliphatic carbocycles. The molecule has 0 unspecified atom stereocenters. The molecule has 0 saturated heterocycles. The third kappa shape index (κ3) is 5.73. The van der Waals surface area contributed by atoms with E-state index in [0.29, 0.717) is 18.5 Å². The summed E-state index contributed by atoms with van der Waals surface area (Å²) in [5.41, 5.74) is 2.36. The zero-order valence-corrected chi connectivity index (χ0v) is 18.5. The molecule has 0 aliphatic rings. The Balaban J connectivity index is 2.32. The van der Waals surface area contributed by atoms with Gasteiger partial charge in [-0.05, 0) is 55.2 Å². The second-order valence-electron chi connectivity index (χ2n) is 7.06. The number of methoxy groups -OCH3 is 1. The van der Waals surface area contributed by atoms with Crippen LogP contribution in [0.25, 0.3) is 0 Å². The van der Waals surface area contributed by atoms with Crippen LogP contribution in [0.1, 0.15) is 43.9 Å². The number of sulfonamides is 1. The standard InChI is InChI=1S/C22H30N2O4S/c1-6-20(17-11-13-19(28-4)14-12-17)23-22(25)21(7-2)24(29(5,26)27)18-10-8-9-16(3)15-18/h8-15,20-21H,6-7H2,1-5H3,(H,23,25)/t20-,21+/m1/s1. The Hall–Kier alpha value is -2.54. The van der Waals surface area contributed by atoms with Crippen LogP contribution in [0.4, 0.5) is 5.69 Å². The molecular weight excluding hydrogens is 388 g/mol. The summed E-state index contributed by atoms with van der Waals surface area (Å²) < 4.78 is 31.6. The molecule has 0 aromatic heterocycles. The molecule has 6 nitrogen and oxygen atoms in total. The van der Waals surface area contributed by atoms with E-state index in [9.17, 15) is 13.2 Å². The smallest absolute Gasteiger partial charge is 0.244 e. The Morgan fingerprint density at radius 3 is 2.24 bits per heavy atom. The third-order valence-electron chi connectivity index (χ3n) is 4.83. The molecule has 0 bridgehead atoms. The molecule has 2 atom stereocenters. The maximum Gasteiger partial charge on any atom is 0.244 e. The maximum atomic E-state index is 13.1. The summed E-state index contributed by atoms with van der Waals surface area (Å²) in [6, 6.07) is 13.6. The highest BCUT2D eigenvalue weighted by Gasteiger charge is 2.32. The number of carbonyl (C=O) groups is 1. The number of hydrogen-bond donors (Lipinski definition) is 1. The molecule has 29 heavy (non-hydrogen) atoms. The van der Waals surface area contributed by atoms with Crippen LogP contribution >= 0.6 is 0 Å². The summed E-state index contributed by atoms with van der Waals surface area (Å²) in [6.45, 7) is 5.68. The topological polar surface area (TPSA) is 75.7 Å². The summed E-state index contributed by atoms with van der Waals surface area (Å²) in [4.78, 5) is 13.1. The quantitative estimate of drug-likeness (QED) is 0.672. The largest absolute Gasteiger partial charge is 0.497 e. The second kappa shape index (κ2) is 9.78. The highest BCUT2D eigenvalue weighted by molar-refractivity contribution is 7.92. The highest BCUT2D eigenvalue weighted by atomic mass is 32.2. The molecule has 0 radical (unpaired) electrons. The van der Waals surface area contributed by atoms with Crippen LogP contribution in [0, 0.1) is 6.92 Å². The van der Waals surface area contributed by atoms with E-state index >= 15 is 0 Å². The Morgan fingerprint density at radius 2 is 1.76 bits per heavy atom. The van der Waals surface area contributed by atoms with Gasteiger partial charge in [-0.2, -0.15) is 0 Å². The molecule has 1 amide bonds. The molecule has 0 saturated carbocycles. The fourth-order valence-electron chi connectivity index (χ4n) is 3.35. The predicted octanol–water partition coefficient (Wildman–Crippen LogP) is 3.82. The minimum absolute atomic E-state index is 0.221. The Kier molecular flexibility index (Phi) is 7.67. The van der Waals surface area contributed by atoms with Crippen molar-refractivity contribution in [1.29, 1.82) is 0 Å². The lowest BCUT2D eigenvalue weighted by Gasteiger charge is -2.31. The van der Waals surface area contributed by atoms with Crippen molar-refractivity contribution in [2.24, 2.45) is 0 Å². The van der Waals surface area contributed by atoms with Gasteiger partial charge >= 0.3 is 0 Å². The molecule has 2 aromatic carbocycles. The molecule has 0 fully saturated rings. The molecule has 2 rings (SSSR count). The van der Waals surface area contributed by atoms with Gasteiger partial charge < -0.3 is 10.1 Å². The SMILES string of the molecule is CC[C@@H](NC(=O)[C@H](CC)N(c1cccc(C)c1)S(C)(=O)=O)c1ccc(OC)cc1. The zero-order chi connectivity index (χ0) is 21.6. The fourth-order valence-corrected chi connectivity index (χ4v) is 4.55. The van der Waals surface area contributed by atoms with Gasteiger partial charge in [-0.25, -0.2) is 8.42 Å². The van der Waals surface area contributed by atoms with Gasteiger partial charge in [0.05, 0.1) is 25.1 Å². The van der Waals surface area contributed by atoms with E-state index in [1.807, 2.05) is 51.1 Å². The summed E-state index contributed by atoms with van der Waals surface area (Å²) in [7, 11) is -2.05. The normalized spacial score (nSPS) is 13.4. The van der Waals surface area contributed by atoms with E-state index in [2.05, 4.69) is 5.32 Å². The van der Waals surface area contributed by atoms with Gasteiger partial charge in [0.1, 0.15) is 11.8 Å². The van der Waals surface area contributed by atoms with Gasteiger partial charge in [-0.15, -0.1) is 0 Å². The monoisotopic (exact) mass is 418 g/mol. The third-order valence-corrected chi connectivity index (χ3v) is 6.01. The van der Waals surface area contributed by atoms with Crippen molar-refractivity contribution < 1.29 is 17.9 Å². The van der Waals surface area contributed by atoms with Crippen molar-refractivity contribution in [3.05, 3.63) is 59.7 Å².